The maximum Gasteiger partial charge on any atom is 0.419 e. The van der Waals surface area contributed by atoms with Gasteiger partial charge in [-0.1, -0.05) is 17.7 Å². The molecule has 0 bridgehead atoms. The second-order valence-electron chi connectivity index (χ2n) is 4.98. The van der Waals surface area contributed by atoms with E-state index in [9.17, 15) is 9.59 Å². The number of hydrogen-bond acceptors (Lipinski definition) is 3. The summed E-state index contributed by atoms with van der Waals surface area (Å²) in [4.78, 5) is 23.8. The quantitative estimate of drug-likeness (QED) is 0.788. The lowest BCUT2D eigenvalue weighted by atomic mass is 10.1. The van der Waals surface area contributed by atoms with Crippen molar-refractivity contribution in [2.75, 3.05) is 5.32 Å². The third-order valence-electron chi connectivity index (χ3n) is 3.57. The Morgan fingerprint density at radius 2 is 2.05 bits per heavy atom. The fraction of sp³-hybridized carbons (Fsp3) is 0.125. The second-order valence-corrected chi connectivity index (χ2v) is 5.38. The summed E-state index contributed by atoms with van der Waals surface area (Å²) in [6, 6.07) is 10.2. The Bertz CT molecular complexity index is 940. The highest BCUT2D eigenvalue weighted by molar-refractivity contribution is 6.31. The third kappa shape index (κ3) is 2.40. The highest BCUT2D eigenvalue weighted by Gasteiger charge is 2.12. The molecule has 0 fully saturated rings. The molecule has 0 aliphatic heterocycles. The van der Waals surface area contributed by atoms with Gasteiger partial charge in [-0.05, 0) is 42.8 Å². The number of nitrogens with zero attached hydrogens (tertiary/aromatic N) is 1. The van der Waals surface area contributed by atoms with E-state index in [0.717, 1.165) is 5.56 Å². The molecule has 22 heavy (non-hydrogen) atoms. The first-order chi connectivity index (χ1) is 10.5. The molecule has 2 aromatic carbocycles. The number of nitrogens with one attached hydrogen (secondary N) is 1. The van der Waals surface area contributed by atoms with Crippen molar-refractivity contribution in [1.29, 1.82) is 0 Å². The number of hydrogen-bond donors (Lipinski definition) is 1. The van der Waals surface area contributed by atoms with Crippen molar-refractivity contribution >= 4 is 34.3 Å². The van der Waals surface area contributed by atoms with E-state index in [-0.39, 0.29) is 5.91 Å². The van der Waals surface area contributed by atoms with Crippen LogP contribution in [0.15, 0.2) is 45.6 Å². The van der Waals surface area contributed by atoms with Gasteiger partial charge in [0.15, 0.2) is 5.58 Å². The first-order valence-corrected chi connectivity index (χ1v) is 7.01. The van der Waals surface area contributed by atoms with Crippen LogP contribution in [-0.4, -0.2) is 10.5 Å². The van der Waals surface area contributed by atoms with Crippen LogP contribution in [0.2, 0.25) is 5.02 Å². The summed E-state index contributed by atoms with van der Waals surface area (Å²) < 4.78 is 6.48. The summed E-state index contributed by atoms with van der Waals surface area (Å²) in [6.07, 6.45) is 0. The molecule has 3 rings (SSSR count). The minimum atomic E-state index is -0.460. The van der Waals surface area contributed by atoms with E-state index in [1.54, 1.807) is 43.4 Å². The Labute approximate surface area is 131 Å². The topological polar surface area (TPSA) is 64.2 Å². The predicted octanol–water partition coefficient (Wildman–Crippen LogP) is 3.35. The first-order valence-electron chi connectivity index (χ1n) is 6.63. The fourth-order valence-electron chi connectivity index (χ4n) is 2.21. The second kappa shape index (κ2) is 5.35. The van der Waals surface area contributed by atoms with Crippen molar-refractivity contribution in [3.05, 3.63) is 63.1 Å². The number of benzene rings is 2. The van der Waals surface area contributed by atoms with Gasteiger partial charge in [0.05, 0.1) is 5.52 Å². The Hall–Kier alpha value is -2.53. The van der Waals surface area contributed by atoms with Gasteiger partial charge < -0.3 is 9.73 Å². The van der Waals surface area contributed by atoms with Crippen LogP contribution in [-0.2, 0) is 7.05 Å². The highest BCUT2D eigenvalue weighted by atomic mass is 35.5. The van der Waals surface area contributed by atoms with Gasteiger partial charge in [0.2, 0.25) is 0 Å². The minimum Gasteiger partial charge on any atom is -0.408 e. The number of halogens is 1. The average Bonchev–Trinajstić information content (AvgIpc) is 2.78. The monoisotopic (exact) mass is 316 g/mol. The van der Waals surface area contributed by atoms with Gasteiger partial charge in [-0.15, -0.1) is 0 Å². The molecule has 0 spiro atoms. The van der Waals surface area contributed by atoms with Crippen LogP contribution in [0.4, 0.5) is 5.69 Å². The summed E-state index contributed by atoms with van der Waals surface area (Å²) in [5.41, 5.74) is 2.86. The van der Waals surface area contributed by atoms with Gasteiger partial charge in [-0.2, -0.15) is 0 Å². The summed E-state index contributed by atoms with van der Waals surface area (Å²) in [6.45, 7) is 1.83. The van der Waals surface area contributed by atoms with E-state index in [1.807, 2.05) is 6.92 Å². The molecule has 0 saturated heterocycles. The lowest BCUT2D eigenvalue weighted by Gasteiger charge is -2.09. The van der Waals surface area contributed by atoms with Crippen LogP contribution in [0.25, 0.3) is 11.1 Å². The lowest BCUT2D eigenvalue weighted by molar-refractivity contribution is 0.102. The van der Waals surface area contributed by atoms with E-state index < -0.39 is 5.76 Å². The molecule has 0 saturated carbocycles. The molecule has 3 aromatic rings. The Balaban J connectivity index is 1.95. The zero-order valence-electron chi connectivity index (χ0n) is 12.0. The number of anilines is 1. The van der Waals surface area contributed by atoms with Gasteiger partial charge in [0.25, 0.3) is 5.91 Å². The normalized spacial score (nSPS) is 10.9. The first kappa shape index (κ1) is 14.4. The summed E-state index contributed by atoms with van der Waals surface area (Å²) >= 11 is 6.04. The fourth-order valence-corrected chi connectivity index (χ4v) is 2.39. The largest absolute Gasteiger partial charge is 0.419 e. The van der Waals surface area contributed by atoms with Crippen LogP contribution in [0.5, 0.6) is 0 Å². The zero-order chi connectivity index (χ0) is 15.9. The molecule has 1 heterocycles. The van der Waals surface area contributed by atoms with Crippen molar-refractivity contribution in [2.24, 2.45) is 7.05 Å². The van der Waals surface area contributed by atoms with Gasteiger partial charge >= 0.3 is 5.76 Å². The standard InChI is InChI=1S/C16H13ClN2O3/c1-9-11(17)4-3-5-12(9)18-15(20)10-6-7-13-14(8-10)22-16(21)19(13)2/h3-8H,1-2H3,(H,18,20). The third-order valence-corrected chi connectivity index (χ3v) is 3.98. The number of fused-ring (bicyclic) bond motifs is 1. The van der Waals surface area contributed by atoms with E-state index in [2.05, 4.69) is 5.32 Å². The van der Waals surface area contributed by atoms with Crippen molar-refractivity contribution < 1.29 is 9.21 Å². The molecule has 1 aromatic heterocycles. The molecular weight excluding hydrogens is 304 g/mol. The van der Waals surface area contributed by atoms with Crippen LogP contribution in [0, 0.1) is 6.92 Å². The van der Waals surface area contributed by atoms with Crippen molar-refractivity contribution in [3.8, 4) is 0 Å². The van der Waals surface area contributed by atoms with E-state index in [0.29, 0.717) is 27.4 Å². The summed E-state index contributed by atoms with van der Waals surface area (Å²) in [7, 11) is 1.61. The van der Waals surface area contributed by atoms with Crippen LogP contribution in [0.1, 0.15) is 15.9 Å². The molecule has 1 N–H and O–H groups in total. The lowest BCUT2D eigenvalue weighted by Crippen LogP contribution is -2.12. The number of carbonyl (C=O) groups is 1. The molecule has 1 amide bonds. The van der Waals surface area contributed by atoms with Gasteiger partial charge in [-0.3, -0.25) is 9.36 Å². The van der Waals surface area contributed by atoms with Gasteiger partial charge in [0.1, 0.15) is 0 Å². The molecule has 112 valence electrons. The minimum absolute atomic E-state index is 0.293. The number of carbonyl (C=O) groups excluding carboxylic acids is 1. The molecule has 6 heteroatoms. The highest BCUT2D eigenvalue weighted by Crippen LogP contribution is 2.24. The maximum absolute atomic E-state index is 12.3. The summed E-state index contributed by atoms with van der Waals surface area (Å²) in [5.74, 6) is -0.753. The Morgan fingerprint density at radius 3 is 2.82 bits per heavy atom. The van der Waals surface area contributed by atoms with Gasteiger partial charge in [-0.25, -0.2) is 4.79 Å². The van der Waals surface area contributed by atoms with E-state index in [4.69, 9.17) is 16.0 Å². The Morgan fingerprint density at radius 1 is 1.27 bits per heavy atom. The van der Waals surface area contributed by atoms with Crippen molar-refractivity contribution in [1.82, 2.24) is 4.57 Å². The summed E-state index contributed by atoms with van der Waals surface area (Å²) in [5, 5.41) is 3.39. The number of oxazole rings is 1. The SMILES string of the molecule is Cc1c(Cl)cccc1NC(=O)c1ccc2c(c1)oc(=O)n2C. The number of rotatable bonds is 2. The predicted molar refractivity (Wildman–Crippen MR) is 85.6 cm³/mol. The molecule has 5 nitrogen and oxygen atoms in total. The van der Waals surface area contributed by atoms with Crippen LogP contribution < -0.4 is 11.1 Å². The Kier molecular flexibility index (Phi) is 3.50. The van der Waals surface area contributed by atoms with Crippen molar-refractivity contribution in [3.63, 3.8) is 0 Å². The molecule has 0 aliphatic rings. The van der Waals surface area contributed by atoms with E-state index in [1.165, 1.54) is 4.57 Å². The number of aromatic nitrogens is 1. The molecule has 0 atom stereocenters. The number of aryl methyl sites for hydroxylation is 1. The molecule has 0 aliphatic carbocycles. The van der Waals surface area contributed by atoms with Crippen LogP contribution >= 0.6 is 11.6 Å². The maximum atomic E-state index is 12.3. The zero-order valence-corrected chi connectivity index (χ0v) is 12.8. The smallest absolute Gasteiger partial charge is 0.408 e. The van der Waals surface area contributed by atoms with E-state index >= 15 is 0 Å². The number of amides is 1. The average molecular weight is 317 g/mol. The van der Waals surface area contributed by atoms with Crippen LogP contribution in [0.3, 0.4) is 0 Å². The molecule has 0 radical (unpaired) electrons. The molecule has 0 unspecified atom stereocenters. The molecular formula is C16H13ClN2O3. The van der Waals surface area contributed by atoms with Crippen molar-refractivity contribution in [2.45, 2.75) is 6.92 Å². The van der Waals surface area contributed by atoms with Gasteiger partial charge in [0, 0.05) is 23.3 Å².